The Balaban J connectivity index is 2.27. The first-order valence-electron chi connectivity index (χ1n) is 6.13. The van der Waals surface area contributed by atoms with Crippen LogP contribution in [0.3, 0.4) is 0 Å². The summed E-state index contributed by atoms with van der Waals surface area (Å²) in [5.74, 6) is 0.520. The van der Waals surface area contributed by atoms with E-state index in [4.69, 9.17) is 0 Å². The molecule has 0 saturated carbocycles. The van der Waals surface area contributed by atoms with Gasteiger partial charge < -0.3 is 5.32 Å². The molecule has 1 aliphatic rings. The van der Waals surface area contributed by atoms with Crippen LogP contribution in [0.1, 0.15) is 29.5 Å². The summed E-state index contributed by atoms with van der Waals surface area (Å²) in [6, 6.07) is 13.5. The fraction of sp³-hybridized carbons (Fsp3) is 0.250. The van der Waals surface area contributed by atoms with Crippen LogP contribution in [0.5, 0.6) is 0 Å². The number of fused-ring (bicyclic) bond motifs is 3. The normalized spacial score (nSPS) is 16.5. The molecule has 0 aliphatic heterocycles. The van der Waals surface area contributed by atoms with Gasteiger partial charge in [0.2, 0.25) is 0 Å². The predicted octanol–water partition coefficient (Wildman–Crippen LogP) is 4.17. The van der Waals surface area contributed by atoms with Gasteiger partial charge in [-0.2, -0.15) is 0 Å². The summed E-state index contributed by atoms with van der Waals surface area (Å²) in [7, 11) is 1.97. The molecule has 2 aromatic rings. The van der Waals surface area contributed by atoms with E-state index in [-0.39, 0.29) is 0 Å². The third-order valence-corrected chi connectivity index (χ3v) is 3.77. The predicted molar refractivity (Wildman–Crippen MR) is 73.7 cm³/mol. The fourth-order valence-electron chi connectivity index (χ4n) is 2.77. The number of aryl methyl sites for hydroxylation is 1. The smallest absolute Gasteiger partial charge is 0.0343 e. The second kappa shape index (κ2) is 3.63. The lowest BCUT2D eigenvalue weighted by molar-refractivity contribution is 0.956. The second-order valence-electron chi connectivity index (χ2n) is 4.86. The van der Waals surface area contributed by atoms with Crippen molar-refractivity contribution in [2.24, 2.45) is 0 Å². The molecular weight excluding hydrogens is 206 g/mol. The third kappa shape index (κ3) is 1.46. The molecule has 3 rings (SSSR count). The van der Waals surface area contributed by atoms with Gasteiger partial charge in [-0.3, -0.25) is 0 Å². The van der Waals surface area contributed by atoms with Gasteiger partial charge in [0, 0.05) is 18.7 Å². The molecule has 86 valence electrons. The molecule has 17 heavy (non-hydrogen) atoms. The fourth-order valence-corrected chi connectivity index (χ4v) is 2.77. The standard InChI is InChI=1S/C16H17N/c1-10-4-6-13-11(2)14-7-5-12(17-3)9-16(14)15(13)8-10/h4-9,11,17H,1-3H3. The lowest BCUT2D eigenvalue weighted by Gasteiger charge is -2.07. The van der Waals surface area contributed by atoms with E-state index < -0.39 is 0 Å². The van der Waals surface area contributed by atoms with Crippen LogP contribution in [0.2, 0.25) is 0 Å². The van der Waals surface area contributed by atoms with Crippen molar-refractivity contribution in [3.8, 4) is 11.1 Å². The van der Waals surface area contributed by atoms with E-state index >= 15 is 0 Å². The Bertz CT molecular complexity index is 584. The van der Waals surface area contributed by atoms with Crippen molar-refractivity contribution in [3.63, 3.8) is 0 Å². The van der Waals surface area contributed by atoms with Crippen molar-refractivity contribution < 1.29 is 0 Å². The number of hydrogen-bond donors (Lipinski definition) is 1. The topological polar surface area (TPSA) is 12.0 Å². The maximum absolute atomic E-state index is 3.22. The molecule has 1 N–H and O–H groups in total. The minimum Gasteiger partial charge on any atom is -0.388 e. The Morgan fingerprint density at radius 3 is 2.29 bits per heavy atom. The summed E-state index contributed by atoms with van der Waals surface area (Å²) in [5.41, 5.74) is 8.22. The molecule has 0 heterocycles. The Labute approximate surface area is 102 Å². The number of benzene rings is 2. The van der Waals surface area contributed by atoms with Crippen molar-refractivity contribution in [2.45, 2.75) is 19.8 Å². The van der Waals surface area contributed by atoms with Gasteiger partial charge in [-0.05, 0) is 41.3 Å². The number of rotatable bonds is 1. The zero-order chi connectivity index (χ0) is 12.0. The average Bonchev–Trinajstić information content (AvgIpc) is 2.62. The van der Waals surface area contributed by atoms with E-state index in [1.807, 2.05) is 7.05 Å². The van der Waals surface area contributed by atoms with Crippen LogP contribution in [-0.4, -0.2) is 7.05 Å². The van der Waals surface area contributed by atoms with Crippen molar-refractivity contribution in [3.05, 3.63) is 53.1 Å². The van der Waals surface area contributed by atoms with Crippen molar-refractivity contribution >= 4 is 5.69 Å². The lowest BCUT2D eigenvalue weighted by Crippen LogP contribution is -1.91. The first-order valence-corrected chi connectivity index (χ1v) is 6.13. The SMILES string of the molecule is CNc1ccc2c(c1)-c1cc(C)ccc1C2C. The second-order valence-corrected chi connectivity index (χ2v) is 4.86. The number of anilines is 1. The van der Waals surface area contributed by atoms with Crippen LogP contribution in [0.4, 0.5) is 5.69 Å². The largest absolute Gasteiger partial charge is 0.388 e. The zero-order valence-electron chi connectivity index (χ0n) is 10.5. The third-order valence-electron chi connectivity index (χ3n) is 3.77. The van der Waals surface area contributed by atoms with E-state index in [0.29, 0.717) is 5.92 Å². The first kappa shape index (κ1) is 10.4. The molecule has 1 nitrogen and oxygen atoms in total. The summed E-state index contributed by atoms with van der Waals surface area (Å²) >= 11 is 0. The number of nitrogens with one attached hydrogen (secondary N) is 1. The van der Waals surface area contributed by atoms with Gasteiger partial charge in [-0.15, -0.1) is 0 Å². The van der Waals surface area contributed by atoms with E-state index in [1.54, 1.807) is 0 Å². The quantitative estimate of drug-likeness (QED) is 0.765. The highest BCUT2D eigenvalue weighted by atomic mass is 14.8. The summed E-state index contributed by atoms with van der Waals surface area (Å²) in [6.45, 7) is 4.45. The molecule has 0 saturated heterocycles. The molecule has 0 aromatic heterocycles. The molecule has 2 aromatic carbocycles. The van der Waals surface area contributed by atoms with Gasteiger partial charge in [-0.25, -0.2) is 0 Å². The average molecular weight is 223 g/mol. The minimum absolute atomic E-state index is 0.520. The van der Waals surface area contributed by atoms with Crippen molar-refractivity contribution in [1.29, 1.82) is 0 Å². The highest BCUT2D eigenvalue weighted by Crippen LogP contribution is 2.45. The van der Waals surface area contributed by atoms with E-state index in [2.05, 4.69) is 55.6 Å². The van der Waals surface area contributed by atoms with Gasteiger partial charge in [0.05, 0.1) is 0 Å². The molecule has 1 aliphatic carbocycles. The van der Waals surface area contributed by atoms with E-state index in [0.717, 1.165) is 0 Å². The van der Waals surface area contributed by atoms with Crippen LogP contribution in [0.25, 0.3) is 11.1 Å². The van der Waals surface area contributed by atoms with Gasteiger partial charge in [0.15, 0.2) is 0 Å². The lowest BCUT2D eigenvalue weighted by atomic mass is 9.99. The Kier molecular flexibility index (Phi) is 2.22. The maximum Gasteiger partial charge on any atom is 0.0343 e. The van der Waals surface area contributed by atoms with Crippen molar-refractivity contribution in [1.82, 2.24) is 0 Å². The highest BCUT2D eigenvalue weighted by molar-refractivity contribution is 5.81. The molecule has 0 amide bonds. The number of hydrogen-bond acceptors (Lipinski definition) is 1. The Morgan fingerprint density at radius 1 is 0.941 bits per heavy atom. The molecule has 0 radical (unpaired) electrons. The summed E-state index contributed by atoms with van der Waals surface area (Å²) in [4.78, 5) is 0. The van der Waals surface area contributed by atoms with E-state index in [9.17, 15) is 0 Å². The molecule has 0 bridgehead atoms. The molecular formula is C16H17N. The molecule has 0 spiro atoms. The van der Waals surface area contributed by atoms with Gasteiger partial charge >= 0.3 is 0 Å². The molecule has 1 heteroatoms. The van der Waals surface area contributed by atoms with Gasteiger partial charge in [-0.1, -0.05) is 36.8 Å². The van der Waals surface area contributed by atoms with Crippen molar-refractivity contribution in [2.75, 3.05) is 12.4 Å². The first-order chi connectivity index (χ1) is 8.20. The molecule has 1 atom stereocenters. The monoisotopic (exact) mass is 223 g/mol. The Morgan fingerprint density at radius 2 is 1.59 bits per heavy atom. The van der Waals surface area contributed by atoms with Crippen LogP contribution in [0, 0.1) is 6.92 Å². The molecule has 0 fully saturated rings. The highest BCUT2D eigenvalue weighted by Gasteiger charge is 2.25. The Hall–Kier alpha value is -1.76. The minimum atomic E-state index is 0.520. The summed E-state index contributed by atoms with van der Waals surface area (Å²) < 4.78 is 0. The summed E-state index contributed by atoms with van der Waals surface area (Å²) in [6.07, 6.45) is 0. The molecule has 1 unspecified atom stereocenters. The zero-order valence-corrected chi connectivity index (χ0v) is 10.5. The van der Waals surface area contributed by atoms with Crippen LogP contribution in [-0.2, 0) is 0 Å². The van der Waals surface area contributed by atoms with Gasteiger partial charge in [0.25, 0.3) is 0 Å². The van der Waals surface area contributed by atoms with Crippen LogP contribution >= 0.6 is 0 Å². The summed E-state index contributed by atoms with van der Waals surface area (Å²) in [5, 5.41) is 3.22. The van der Waals surface area contributed by atoms with Gasteiger partial charge in [0.1, 0.15) is 0 Å². The van der Waals surface area contributed by atoms with E-state index in [1.165, 1.54) is 33.5 Å². The maximum atomic E-state index is 3.22. The van der Waals surface area contributed by atoms with Crippen LogP contribution in [0.15, 0.2) is 36.4 Å². The van der Waals surface area contributed by atoms with Crippen LogP contribution < -0.4 is 5.32 Å².